The highest BCUT2D eigenvalue weighted by Gasteiger charge is 2.50. The van der Waals surface area contributed by atoms with E-state index in [2.05, 4.69) is 10.3 Å². The molecule has 4 rings (SSSR count). The van der Waals surface area contributed by atoms with E-state index in [0.717, 1.165) is 15.0 Å². The number of rotatable bonds is 3. The first kappa shape index (κ1) is 16.1. The van der Waals surface area contributed by atoms with Gasteiger partial charge in [0.05, 0.1) is 17.3 Å². The van der Waals surface area contributed by atoms with Gasteiger partial charge < -0.3 is 5.32 Å². The van der Waals surface area contributed by atoms with Gasteiger partial charge in [-0.2, -0.15) is 0 Å². The van der Waals surface area contributed by atoms with Crippen molar-refractivity contribution < 1.29 is 9.59 Å². The summed E-state index contributed by atoms with van der Waals surface area (Å²) in [4.78, 5) is 31.6. The van der Waals surface area contributed by atoms with E-state index in [1.54, 1.807) is 31.3 Å². The number of benzene rings is 1. The molecule has 1 atom stereocenters. The molecule has 7 heteroatoms. The van der Waals surface area contributed by atoms with Gasteiger partial charge in [0.25, 0.3) is 5.91 Å². The first-order valence-electron chi connectivity index (χ1n) is 7.72. The number of fused-ring (bicyclic) bond motifs is 1. The van der Waals surface area contributed by atoms with Crippen LogP contribution in [0.5, 0.6) is 0 Å². The fraction of sp³-hybridized carbons (Fsp3) is 0.167. The molecular weight excluding hydrogens is 358 g/mol. The molecule has 5 nitrogen and oxygen atoms in total. The van der Waals surface area contributed by atoms with Crippen LogP contribution in [0, 0.1) is 0 Å². The Morgan fingerprint density at radius 2 is 1.96 bits per heavy atom. The van der Waals surface area contributed by atoms with Gasteiger partial charge in [-0.15, -0.1) is 11.3 Å². The summed E-state index contributed by atoms with van der Waals surface area (Å²) >= 11 is 7.94. The van der Waals surface area contributed by atoms with Crippen molar-refractivity contribution in [2.24, 2.45) is 0 Å². The zero-order valence-corrected chi connectivity index (χ0v) is 14.9. The van der Waals surface area contributed by atoms with Gasteiger partial charge in [-0.05, 0) is 25.1 Å². The van der Waals surface area contributed by atoms with Crippen LogP contribution in [0.15, 0.2) is 48.7 Å². The Hall–Kier alpha value is -2.44. The summed E-state index contributed by atoms with van der Waals surface area (Å²) in [6, 6.07) is 12.6. The van der Waals surface area contributed by atoms with Crippen LogP contribution in [0.1, 0.15) is 17.5 Å². The smallest absolute Gasteiger partial charge is 0.318 e. The summed E-state index contributed by atoms with van der Waals surface area (Å²) in [6.07, 6.45) is 1.60. The third-order valence-electron chi connectivity index (χ3n) is 4.36. The number of hydrogen-bond donors (Lipinski definition) is 1. The van der Waals surface area contributed by atoms with E-state index in [4.69, 9.17) is 11.6 Å². The maximum Gasteiger partial charge on any atom is 0.325 e. The Bertz CT molecular complexity index is 988. The number of pyridine rings is 1. The van der Waals surface area contributed by atoms with Crippen molar-refractivity contribution in [1.82, 2.24) is 15.2 Å². The fourth-order valence-electron chi connectivity index (χ4n) is 2.98. The molecule has 1 aliphatic rings. The van der Waals surface area contributed by atoms with Crippen LogP contribution in [0.25, 0.3) is 10.1 Å². The molecule has 3 amide bonds. The van der Waals surface area contributed by atoms with Crippen LogP contribution < -0.4 is 5.32 Å². The number of nitrogens with one attached hydrogen (secondary N) is 1. The van der Waals surface area contributed by atoms with Gasteiger partial charge in [0.15, 0.2) is 5.54 Å². The molecule has 0 radical (unpaired) electrons. The molecule has 25 heavy (non-hydrogen) atoms. The molecule has 1 aliphatic heterocycles. The molecule has 3 aromatic rings. The Morgan fingerprint density at radius 1 is 1.20 bits per heavy atom. The summed E-state index contributed by atoms with van der Waals surface area (Å²) < 4.78 is 1.03. The molecule has 3 heterocycles. The number of nitrogens with zero attached hydrogens (tertiary/aromatic N) is 2. The first-order chi connectivity index (χ1) is 12.0. The summed E-state index contributed by atoms with van der Waals surface area (Å²) in [7, 11) is 0. The highest BCUT2D eigenvalue weighted by Crippen LogP contribution is 2.37. The number of thiophene rings is 1. The third kappa shape index (κ3) is 2.49. The summed E-state index contributed by atoms with van der Waals surface area (Å²) in [5.74, 6) is -0.329. The minimum Gasteiger partial charge on any atom is -0.318 e. The van der Waals surface area contributed by atoms with Crippen molar-refractivity contribution in [1.29, 1.82) is 0 Å². The number of hydrogen-bond acceptors (Lipinski definition) is 4. The van der Waals surface area contributed by atoms with Gasteiger partial charge >= 0.3 is 6.03 Å². The van der Waals surface area contributed by atoms with Crippen molar-refractivity contribution in [3.8, 4) is 0 Å². The molecule has 2 aromatic heterocycles. The number of urea groups is 1. The molecular formula is C18H14ClN3O2S. The molecule has 1 aromatic carbocycles. The lowest BCUT2D eigenvalue weighted by Gasteiger charge is -2.20. The van der Waals surface area contributed by atoms with Gasteiger partial charge in [0, 0.05) is 21.2 Å². The number of imide groups is 1. The zero-order valence-electron chi connectivity index (χ0n) is 13.3. The molecule has 0 aliphatic carbocycles. The van der Waals surface area contributed by atoms with E-state index in [1.807, 2.05) is 24.3 Å². The van der Waals surface area contributed by atoms with E-state index < -0.39 is 11.6 Å². The minimum atomic E-state index is -1.17. The van der Waals surface area contributed by atoms with Crippen LogP contribution in [-0.4, -0.2) is 21.8 Å². The second-order valence-electron chi connectivity index (χ2n) is 6.00. The lowest BCUT2D eigenvalue weighted by molar-refractivity contribution is -0.131. The van der Waals surface area contributed by atoms with E-state index in [1.165, 1.54) is 16.2 Å². The van der Waals surface area contributed by atoms with Gasteiger partial charge in [0.2, 0.25) is 0 Å². The Morgan fingerprint density at radius 3 is 2.68 bits per heavy atom. The van der Waals surface area contributed by atoms with Crippen molar-refractivity contribution >= 4 is 45.0 Å². The molecule has 1 fully saturated rings. The molecule has 1 saturated heterocycles. The summed E-state index contributed by atoms with van der Waals surface area (Å²) in [5, 5.41) is 4.28. The lowest BCUT2D eigenvalue weighted by Crippen LogP contribution is -2.41. The Kier molecular flexibility index (Phi) is 3.74. The molecule has 126 valence electrons. The van der Waals surface area contributed by atoms with E-state index in [9.17, 15) is 9.59 Å². The number of carbonyl (C=O) groups excluding carboxylic acids is 2. The molecule has 0 bridgehead atoms. The summed E-state index contributed by atoms with van der Waals surface area (Å²) in [5.41, 5.74) is -0.653. The third-order valence-corrected chi connectivity index (χ3v) is 6.05. The Labute approximate surface area is 153 Å². The predicted octanol–water partition coefficient (Wildman–Crippen LogP) is 3.92. The maximum absolute atomic E-state index is 12.9. The van der Waals surface area contributed by atoms with Gasteiger partial charge in [-0.3, -0.25) is 14.7 Å². The number of aromatic nitrogens is 1. The van der Waals surface area contributed by atoms with Crippen LogP contribution in [-0.2, 0) is 16.9 Å². The van der Waals surface area contributed by atoms with Gasteiger partial charge in [-0.1, -0.05) is 35.9 Å². The molecule has 0 unspecified atom stereocenters. The van der Waals surface area contributed by atoms with Crippen molar-refractivity contribution in [3.05, 3.63) is 64.3 Å². The SMILES string of the molecule is C[C@@]1(c2ccccn2)NC(=O)N(Cc2sc3ccccc3c2Cl)C1=O. The van der Waals surface area contributed by atoms with Crippen LogP contribution >= 0.6 is 22.9 Å². The summed E-state index contributed by atoms with van der Waals surface area (Å²) in [6.45, 7) is 1.81. The standard InChI is InChI=1S/C18H14ClN3O2S/c1-18(14-8-4-5-9-20-14)16(23)22(17(24)21-18)10-13-15(19)11-6-2-3-7-12(11)25-13/h2-9H,10H2,1H3,(H,21,24)/t18-/m0/s1. The van der Waals surface area contributed by atoms with E-state index >= 15 is 0 Å². The molecule has 1 N–H and O–H groups in total. The first-order valence-corrected chi connectivity index (χ1v) is 8.91. The van der Waals surface area contributed by atoms with Gasteiger partial charge in [0.1, 0.15) is 0 Å². The fourth-order valence-corrected chi connectivity index (χ4v) is 4.46. The monoisotopic (exact) mass is 371 g/mol. The van der Waals surface area contributed by atoms with Gasteiger partial charge in [-0.25, -0.2) is 4.79 Å². The normalized spacial score (nSPS) is 20.3. The zero-order chi connectivity index (χ0) is 17.6. The van der Waals surface area contributed by atoms with Crippen LogP contribution in [0.2, 0.25) is 5.02 Å². The topological polar surface area (TPSA) is 62.3 Å². The highest BCUT2D eigenvalue weighted by atomic mass is 35.5. The van der Waals surface area contributed by atoms with E-state index in [0.29, 0.717) is 10.7 Å². The largest absolute Gasteiger partial charge is 0.325 e. The lowest BCUT2D eigenvalue weighted by atomic mass is 9.97. The predicted molar refractivity (Wildman–Crippen MR) is 97.5 cm³/mol. The highest BCUT2D eigenvalue weighted by molar-refractivity contribution is 7.19. The Balaban J connectivity index is 1.68. The average molecular weight is 372 g/mol. The van der Waals surface area contributed by atoms with Crippen molar-refractivity contribution in [2.75, 3.05) is 0 Å². The average Bonchev–Trinajstić information content (AvgIpc) is 3.06. The number of carbonyl (C=O) groups is 2. The maximum atomic E-state index is 12.9. The second-order valence-corrected chi connectivity index (χ2v) is 7.51. The van der Waals surface area contributed by atoms with Crippen LogP contribution in [0.3, 0.4) is 0 Å². The number of halogens is 1. The van der Waals surface area contributed by atoms with E-state index in [-0.39, 0.29) is 12.5 Å². The molecule has 0 saturated carbocycles. The van der Waals surface area contributed by atoms with Crippen molar-refractivity contribution in [2.45, 2.75) is 19.0 Å². The second kappa shape index (κ2) is 5.82. The van der Waals surface area contributed by atoms with Crippen LogP contribution in [0.4, 0.5) is 4.79 Å². The molecule has 0 spiro atoms. The quantitative estimate of drug-likeness (QED) is 0.710. The minimum absolute atomic E-state index is 0.144. The van der Waals surface area contributed by atoms with Crippen molar-refractivity contribution in [3.63, 3.8) is 0 Å². The number of amides is 3.